The van der Waals surface area contributed by atoms with E-state index in [2.05, 4.69) is 74.6 Å². The first-order valence-electron chi connectivity index (χ1n) is 26.4. The van der Waals surface area contributed by atoms with Crippen molar-refractivity contribution < 1.29 is 69.0 Å². The lowest BCUT2D eigenvalue weighted by atomic mass is 9.98. The summed E-state index contributed by atoms with van der Waals surface area (Å²) >= 11 is 0. The third kappa shape index (κ3) is 28.5. The van der Waals surface area contributed by atoms with Crippen molar-refractivity contribution >= 4 is 5.97 Å². The normalized spacial score (nSPS) is 26.4. The van der Waals surface area contributed by atoms with Gasteiger partial charge in [-0.1, -0.05) is 171 Å². The number of rotatable bonds is 41. The Balaban J connectivity index is 1.78. The van der Waals surface area contributed by atoms with Crippen LogP contribution in [0.3, 0.4) is 0 Å². The Kier molecular flexibility index (Phi) is 37.6. The standard InChI is InChI=1S/C54H94O14/c1-3-5-7-9-11-13-15-17-19-20-21-22-23-25-27-29-31-33-35-37-46(56)66-43(40-63-38-36-34-32-30-28-26-24-18-16-14-12-10-8-6-4-2)41-64-53-52(62)50(60)48(58)45(68-53)42-65-54-51(61)49(59)47(57)44(39-55)67-54/h5,7,11,13,17,19,21-22,25,27,43-45,47-55,57-62H,3-4,6,8-10,12,14-16,18,20,23-24,26,28-42H2,1-2H3/b7-5-,13-11-,19-17-,22-21-,27-25-. The highest BCUT2D eigenvalue weighted by Crippen LogP contribution is 2.26. The smallest absolute Gasteiger partial charge is 0.306 e. The Hall–Kier alpha value is -2.31. The number of hydrogen-bond acceptors (Lipinski definition) is 14. The Morgan fingerprint density at radius 3 is 1.49 bits per heavy atom. The first kappa shape index (κ1) is 61.8. The minimum absolute atomic E-state index is 0.0477. The SMILES string of the molecule is CC/C=C\C/C=C\C/C=C\C/C=C\C/C=C\CCCCCC(=O)OC(COCCCCCCCCCCCCCCCCC)COC1OC(COC2OC(CO)C(O)C(O)C2O)C(O)C(O)C1O. The summed E-state index contributed by atoms with van der Waals surface area (Å²) in [5, 5.41) is 72.2. The quantitative estimate of drug-likeness (QED) is 0.0175. The number of carbonyl (C=O) groups excluding carboxylic acids is 1. The number of hydrogen-bond donors (Lipinski definition) is 7. The van der Waals surface area contributed by atoms with Crippen molar-refractivity contribution in [3.05, 3.63) is 60.8 Å². The molecule has 0 aromatic rings. The van der Waals surface area contributed by atoms with Crippen LogP contribution in [0, 0.1) is 0 Å². The second kappa shape index (κ2) is 41.3. The van der Waals surface area contributed by atoms with Crippen molar-refractivity contribution in [2.45, 2.75) is 242 Å². The molecule has 2 heterocycles. The summed E-state index contributed by atoms with van der Waals surface area (Å²) < 4.78 is 34.3. The topological polar surface area (TPSA) is 214 Å². The van der Waals surface area contributed by atoms with Gasteiger partial charge in [0.25, 0.3) is 0 Å². The Bertz CT molecular complexity index is 1350. The molecular formula is C54H94O14. The minimum atomic E-state index is -1.71. The molecule has 14 heteroatoms. The lowest BCUT2D eigenvalue weighted by Gasteiger charge is -2.42. The van der Waals surface area contributed by atoms with Gasteiger partial charge in [-0.15, -0.1) is 0 Å². The van der Waals surface area contributed by atoms with E-state index in [1.807, 2.05) is 0 Å². The Labute approximate surface area is 409 Å². The lowest BCUT2D eigenvalue weighted by molar-refractivity contribution is -0.332. The summed E-state index contributed by atoms with van der Waals surface area (Å²) in [5.74, 6) is -0.407. The molecule has 0 amide bonds. The van der Waals surface area contributed by atoms with E-state index in [9.17, 15) is 40.5 Å². The highest BCUT2D eigenvalue weighted by atomic mass is 16.7. The maximum atomic E-state index is 13.0. The van der Waals surface area contributed by atoms with E-state index in [0.29, 0.717) is 13.0 Å². The van der Waals surface area contributed by atoms with Gasteiger partial charge in [0.1, 0.15) is 54.9 Å². The van der Waals surface area contributed by atoms with Gasteiger partial charge in [-0.2, -0.15) is 0 Å². The number of aliphatic hydroxyl groups excluding tert-OH is 7. The van der Waals surface area contributed by atoms with Gasteiger partial charge in [0.2, 0.25) is 0 Å². The fourth-order valence-electron chi connectivity index (χ4n) is 8.02. The third-order valence-corrected chi connectivity index (χ3v) is 12.3. The monoisotopic (exact) mass is 967 g/mol. The molecule has 2 saturated heterocycles. The molecule has 11 atom stereocenters. The molecule has 0 radical (unpaired) electrons. The van der Waals surface area contributed by atoms with Gasteiger partial charge < -0.3 is 64.2 Å². The van der Waals surface area contributed by atoms with Crippen molar-refractivity contribution in [3.8, 4) is 0 Å². The van der Waals surface area contributed by atoms with Gasteiger partial charge in [-0.3, -0.25) is 4.79 Å². The molecule has 2 fully saturated rings. The van der Waals surface area contributed by atoms with Crippen molar-refractivity contribution in [3.63, 3.8) is 0 Å². The number of esters is 1. The molecule has 2 aliphatic heterocycles. The van der Waals surface area contributed by atoms with Crippen LogP contribution in [-0.4, -0.2) is 142 Å². The van der Waals surface area contributed by atoms with Crippen LogP contribution >= 0.6 is 0 Å². The molecule has 0 aliphatic carbocycles. The van der Waals surface area contributed by atoms with Crippen molar-refractivity contribution in [2.24, 2.45) is 0 Å². The van der Waals surface area contributed by atoms with Crippen LogP contribution in [0.2, 0.25) is 0 Å². The van der Waals surface area contributed by atoms with Crippen molar-refractivity contribution in [2.75, 3.05) is 33.0 Å². The van der Waals surface area contributed by atoms with E-state index in [4.69, 9.17) is 28.4 Å². The summed E-state index contributed by atoms with van der Waals surface area (Å²) in [5.41, 5.74) is 0. The van der Waals surface area contributed by atoms with Gasteiger partial charge >= 0.3 is 5.97 Å². The zero-order valence-corrected chi connectivity index (χ0v) is 41.8. The van der Waals surface area contributed by atoms with Gasteiger partial charge in [-0.05, 0) is 57.8 Å². The van der Waals surface area contributed by atoms with E-state index in [-0.39, 0.29) is 19.6 Å². The van der Waals surface area contributed by atoms with E-state index in [1.165, 1.54) is 77.0 Å². The predicted octanol–water partition coefficient (Wildman–Crippen LogP) is 8.13. The van der Waals surface area contributed by atoms with E-state index < -0.39 is 86.7 Å². The molecule has 14 nitrogen and oxygen atoms in total. The van der Waals surface area contributed by atoms with Crippen molar-refractivity contribution in [1.82, 2.24) is 0 Å². The van der Waals surface area contributed by atoms with Crippen LogP contribution in [-0.2, 0) is 33.2 Å². The average molecular weight is 967 g/mol. The Morgan fingerprint density at radius 1 is 0.500 bits per heavy atom. The summed E-state index contributed by atoms with van der Waals surface area (Å²) in [6.45, 7) is 3.53. The van der Waals surface area contributed by atoms with Crippen LogP contribution in [0.25, 0.3) is 0 Å². The summed E-state index contributed by atoms with van der Waals surface area (Å²) in [6.07, 6.45) is 32.8. The molecule has 0 saturated carbocycles. The zero-order chi connectivity index (χ0) is 49.5. The van der Waals surface area contributed by atoms with Crippen LogP contribution in [0.15, 0.2) is 60.8 Å². The number of aliphatic hydroxyl groups is 7. The predicted molar refractivity (Wildman–Crippen MR) is 266 cm³/mol. The molecule has 0 bridgehead atoms. The number of allylic oxidation sites excluding steroid dienone is 10. The molecule has 0 spiro atoms. The second-order valence-electron chi connectivity index (χ2n) is 18.3. The maximum absolute atomic E-state index is 13.0. The molecule has 68 heavy (non-hydrogen) atoms. The van der Waals surface area contributed by atoms with E-state index >= 15 is 0 Å². The van der Waals surface area contributed by atoms with E-state index in [1.54, 1.807) is 0 Å². The molecule has 2 aliphatic rings. The van der Waals surface area contributed by atoms with Crippen LogP contribution in [0.5, 0.6) is 0 Å². The molecule has 394 valence electrons. The van der Waals surface area contributed by atoms with Gasteiger partial charge in [0.05, 0.1) is 26.4 Å². The van der Waals surface area contributed by atoms with E-state index in [0.717, 1.165) is 70.6 Å². The first-order chi connectivity index (χ1) is 33.1. The number of unbranched alkanes of at least 4 members (excludes halogenated alkanes) is 17. The van der Waals surface area contributed by atoms with Crippen LogP contribution in [0.1, 0.15) is 174 Å². The highest BCUT2D eigenvalue weighted by molar-refractivity contribution is 5.69. The summed E-state index contributed by atoms with van der Waals surface area (Å²) in [4.78, 5) is 13.0. The maximum Gasteiger partial charge on any atom is 0.306 e. The molecule has 11 unspecified atom stereocenters. The minimum Gasteiger partial charge on any atom is -0.457 e. The highest BCUT2D eigenvalue weighted by Gasteiger charge is 2.47. The van der Waals surface area contributed by atoms with Gasteiger partial charge in [-0.25, -0.2) is 0 Å². The first-order valence-corrected chi connectivity index (χ1v) is 26.4. The second-order valence-corrected chi connectivity index (χ2v) is 18.3. The van der Waals surface area contributed by atoms with Gasteiger partial charge in [0.15, 0.2) is 12.6 Å². The number of ether oxygens (including phenoxy) is 6. The van der Waals surface area contributed by atoms with Crippen LogP contribution < -0.4 is 0 Å². The fraction of sp³-hybridized carbons (Fsp3) is 0.796. The molecule has 2 rings (SSSR count). The summed E-state index contributed by atoms with van der Waals surface area (Å²) in [7, 11) is 0. The summed E-state index contributed by atoms with van der Waals surface area (Å²) in [6, 6.07) is 0. The Morgan fingerprint density at radius 2 is 0.956 bits per heavy atom. The fourth-order valence-corrected chi connectivity index (χ4v) is 8.02. The average Bonchev–Trinajstić information content (AvgIpc) is 3.33. The third-order valence-electron chi connectivity index (χ3n) is 12.3. The molecular weight excluding hydrogens is 873 g/mol. The molecule has 0 aromatic heterocycles. The van der Waals surface area contributed by atoms with Crippen LogP contribution in [0.4, 0.5) is 0 Å². The molecule has 0 aromatic carbocycles. The molecule has 7 N–H and O–H groups in total. The van der Waals surface area contributed by atoms with Crippen molar-refractivity contribution in [1.29, 1.82) is 0 Å². The van der Waals surface area contributed by atoms with Gasteiger partial charge in [0, 0.05) is 13.0 Å². The zero-order valence-electron chi connectivity index (χ0n) is 41.8. The largest absolute Gasteiger partial charge is 0.457 e. The number of carbonyl (C=O) groups is 1. The lowest BCUT2D eigenvalue weighted by Crippen LogP contribution is -2.61.